The summed E-state index contributed by atoms with van der Waals surface area (Å²) < 4.78 is 0.738. The average Bonchev–Trinajstić information content (AvgIpc) is 2.81. The fourth-order valence-corrected chi connectivity index (χ4v) is 2.61. The molecule has 2 nitrogen and oxygen atoms in total. The van der Waals surface area contributed by atoms with Crippen LogP contribution in [-0.2, 0) is 13.0 Å². The van der Waals surface area contributed by atoms with Crippen molar-refractivity contribution in [3.63, 3.8) is 0 Å². The summed E-state index contributed by atoms with van der Waals surface area (Å²) in [4.78, 5) is 4.21. The third kappa shape index (κ3) is 4.00. The first-order valence-electron chi connectivity index (χ1n) is 6.21. The van der Waals surface area contributed by atoms with Gasteiger partial charge < -0.3 is 5.32 Å². The van der Waals surface area contributed by atoms with E-state index >= 15 is 0 Å². The molecule has 0 aliphatic rings. The lowest BCUT2D eigenvalue weighted by atomic mass is 10.1. The topological polar surface area (TPSA) is 24.9 Å². The van der Waals surface area contributed by atoms with Crippen LogP contribution in [0.3, 0.4) is 0 Å². The maximum absolute atomic E-state index is 5.84. The van der Waals surface area contributed by atoms with Gasteiger partial charge in [0.25, 0.3) is 0 Å². The molecule has 1 heterocycles. The van der Waals surface area contributed by atoms with Crippen molar-refractivity contribution in [1.82, 2.24) is 4.98 Å². The molecular weight excluding hydrogens is 264 g/mol. The largest absolute Gasteiger partial charge is 0.379 e. The van der Waals surface area contributed by atoms with Crippen molar-refractivity contribution < 1.29 is 0 Å². The second-order valence-electron chi connectivity index (χ2n) is 4.21. The first-order chi connectivity index (χ1) is 8.78. The van der Waals surface area contributed by atoms with Crippen LogP contribution in [0.1, 0.15) is 30.3 Å². The monoisotopic (exact) mass is 280 g/mol. The lowest BCUT2D eigenvalue weighted by Crippen LogP contribution is -1.98. The smallest absolute Gasteiger partial charge is 0.113 e. The SMILES string of the molecule is CCCCc1ccc(NCc2ncc(Cl)s2)cc1. The van der Waals surface area contributed by atoms with Gasteiger partial charge in [0.2, 0.25) is 0 Å². The number of aryl methyl sites for hydroxylation is 1. The Kier molecular flexibility index (Phi) is 5.02. The third-order valence-electron chi connectivity index (χ3n) is 2.74. The molecular formula is C14H17ClN2S. The number of hydrogen-bond donors (Lipinski definition) is 1. The quantitative estimate of drug-likeness (QED) is 0.826. The zero-order valence-electron chi connectivity index (χ0n) is 10.4. The van der Waals surface area contributed by atoms with Gasteiger partial charge in [-0.3, -0.25) is 0 Å². The van der Waals surface area contributed by atoms with Gasteiger partial charge in [-0.15, -0.1) is 11.3 Å². The predicted molar refractivity (Wildman–Crippen MR) is 79.5 cm³/mol. The first kappa shape index (κ1) is 13.4. The molecule has 0 saturated heterocycles. The van der Waals surface area contributed by atoms with E-state index in [1.165, 1.54) is 36.2 Å². The Hall–Kier alpha value is -1.06. The fraction of sp³-hybridized carbons (Fsp3) is 0.357. The molecule has 0 aliphatic heterocycles. The molecule has 0 saturated carbocycles. The van der Waals surface area contributed by atoms with E-state index in [1.807, 2.05) is 0 Å². The standard InChI is InChI=1S/C14H17ClN2S/c1-2-3-4-11-5-7-12(8-6-11)16-10-14-17-9-13(15)18-14/h5-9,16H,2-4,10H2,1H3. The van der Waals surface area contributed by atoms with Crippen LogP contribution in [0.2, 0.25) is 4.34 Å². The highest BCUT2D eigenvalue weighted by molar-refractivity contribution is 7.15. The molecule has 18 heavy (non-hydrogen) atoms. The van der Waals surface area contributed by atoms with E-state index < -0.39 is 0 Å². The Balaban J connectivity index is 1.86. The Morgan fingerprint density at radius 3 is 2.67 bits per heavy atom. The zero-order valence-corrected chi connectivity index (χ0v) is 12.0. The number of unbranched alkanes of at least 4 members (excludes halogenated alkanes) is 1. The number of anilines is 1. The molecule has 0 radical (unpaired) electrons. The summed E-state index contributed by atoms with van der Waals surface area (Å²) in [5, 5.41) is 4.36. The maximum atomic E-state index is 5.84. The number of nitrogens with one attached hydrogen (secondary N) is 1. The molecule has 0 spiro atoms. The van der Waals surface area contributed by atoms with Crippen molar-refractivity contribution in [2.24, 2.45) is 0 Å². The van der Waals surface area contributed by atoms with E-state index in [4.69, 9.17) is 11.6 Å². The molecule has 0 fully saturated rings. The van der Waals surface area contributed by atoms with Gasteiger partial charge in [-0.05, 0) is 30.5 Å². The van der Waals surface area contributed by atoms with E-state index in [0.29, 0.717) is 0 Å². The molecule has 0 unspecified atom stereocenters. The van der Waals surface area contributed by atoms with Gasteiger partial charge in [-0.1, -0.05) is 37.1 Å². The van der Waals surface area contributed by atoms with E-state index in [1.54, 1.807) is 6.20 Å². The Morgan fingerprint density at radius 1 is 1.28 bits per heavy atom. The van der Waals surface area contributed by atoms with E-state index in [0.717, 1.165) is 21.6 Å². The molecule has 1 N–H and O–H groups in total. The number of aromatic nitrogens is 1. The molecule has 1 aromatic carbocycles. The summed E-state index contributed by atoms with van der Waals surface area (Å²) >= 11 is 7.35. The van der Waals surface area contributed by atoms with Crippen molar-refractivity contribution in [2.45, 2.75) is 32.7 Å². The van der Waals surface area contributed by atoms with E-state index in [-0.39, 0.29) is 0 Å². The van der Waals surface area contributed by atoms with Crippen molar-refractivity contribution in [3.8, 4) is 0 Å². The van der Waals surface area contributed by atoms with Crippen molar-refractivity contribution in [1.29, 1.82) is 0 Å². The van der Waals surface area contributed by atoms with Crippen LogP contribution in [0.4, 0.5) is 5.69 Å². The van der Waals surface area contributed by atoms with E-state index in [9.17, 15) is 0 Å². The highest BCUT2D eigenvalue weighted by Gasteiger charge is 2.00. The lowest BCUT2D eigenvalue weighted by Gasteiger charge is -2.05. The van der Waals surface area contributed by atoms with Crippen LogP contribution in [-0.4, -0.2) is 4.98 Å². The minimum atomic E-state index is 0.728. The van der Waals surface area contributed by atoms with Crippen LogP contribution in [0.25, 0.3) is 0 Å². The predicted octanol–water partition coefficient (Wildman–Crippen LogP) is 4.75. The van der Waals surface area contributed by atoms with Gasteiger partial charge in [0.05, 0.1) is 12.7 Å². The lowest BCUT2D eigenvalue weighted by molar-refractivity contribution is 0.795. The summed E-state index contributed by atoms with van der Waals surface area (Å²) in [6, 6.07) is 8.63. The van der Waals surface area contributed by atoms with Gasteiger partial charge >= 0.3 is 0 Å². The van der Waals surface area contributed by atoms with Gasteiger partial charge in [-0.25, -0.2) is 4.98 Å². The number of halogens is 1. The van der Waals surface area contributed by atoms with Crippen LogP contribution < -0.4 is 5.32 Å². The number of nitrogens with zero attached hydrogens (tertiary/aromatic N) is 1. The molecule has 0 aliphatic carbocycles. The highest BCUT2D eigenvalue weighted by Crippen LogP contribution is 2.19. The van der Waals surface area contributed by atoms with Crippen LogP contribution in [0.5, 0.6) is 0 Å². The molecule has 2 rings (SSSR count). The summed E-state index contributed by atoms with van der Waals surface area (Å²) in [7, 11) is 0. The second-order valence-corrected chi connectivity index (χ2v) is 5.96. The van der Waals surface area contributed by atoms with Crippen molar-refractivity contribution in [3.05, 3.63) is 45.4 Å². The first-order valence-corrected chi connectivity index (χ1v) is 7.40. The van der Waals surface area contributed by atoms with Gasteiger partial charge in [0, 0.05) is 5.69 Å². The maximum Gasteiger partial charge on any atom is 0.113 e. The van der Waals surface area contributed by atoms with Gasteiger partial charge in [-0.2, -0.15) is 0 Å². The number of rotatable bonds is 6. The Morgan fingerprint density at radius 2 is 2.06 bits per heavy atom. The Labute approximate surface area is 117 Å². The molecule has 2 aromatic rings. The molecule has 0 atom stereocenters. The number of benzene rings is 1. The fourth-order valence-electron chi connectivity index (χ4n) is 1.72. The minimum absolute atomic E-state index is 0.728. The molecule has 4 heteroatoms. The third-order valence-corrected chi connectivity index (χ3v) is 3.86. The number of hydrogen-bond acceptors (Lipinski definition) is 3. The Bertz CT molecular complexity index is 479. The molecule has 1 aromatic heterocycles. The summed E-state index contributed by atoms with van der Waals surface area (Å²) in [5.41, 5.74) is 2.53. The second kappa shape index (κ2) is 6.76. The molecule has 0 amide bonds. The van der Waals surface area contributed by atoms with Crippen molar-refractivity contribution >= 4 is 28.6 Å². The number of thiazole rings is 1. The van der Waals surface area contributed by atoms with Crippen molar-refractivity contribution in [2.75, 3.05) is 5.32 Å². The molecule has 96 valence electrons. The summed E-state index contributed by atoms with van der Waals surface area (Å²) in [5.74, 6) is 0. The molecule has 0 bridgehead atoms. The highest BCUT2D eigenvalue weighted by atomic mass is 35.5. The normalized spacial score (nSPS) is 10.6. The van der Waals surface area contributed by atoms with Crippen LogP contribution in [0.15, 0.2) is 30.5 Å². The van der Waals surface area contributed by atoms with Gasteiger partial charge in [0.15, 0.2) is 0 Å². The van der Waals surface area contributed by atoms with Crippen LogP contribution in [0, 0.1) is 0 Å². The average molecular weight is 281 g/mol. The minimum Gasteiger partial charge on any atom is -0.379 e. The van der Waals surface area contributed by atoms with Gasteiger partial charge in [0.1, 0.15) is 9.34 Å². The van der Waals surface area contributed by atoms with Crippen LogP contribution >= 0.6 is 22.9 Å². The summed E-state index contributed by atoms with van der Waals surface area (Å²) in [6.07, 6.45) is 5.35. The summed E-state index contributed by atoms with van der Waals surface area (Å²) in [6.45, 7) is 2.95. The van der Waals surface area contributed by atoms with E-state index in [2.05, 4.69) is 41.5 Å². The zero-order chi connectivity index (χ0) is 12.8.